The van der Waals surface area contributed by atoms with Crippen LogP contribution in [0, 0.1) is 5.41 Å². The van der Waals surface area contributed by atoms with Crippen LogP contribution in [0.2, 0.25) is 0 Å². The minimum Gasteiger partial charge on any atom is -0.322 e. The molecule has 1 aromatic carbocycles. The summed E-state index contributed by atoms with van der Waals surface area (Å²) in [5.41, 5.74) is 8.82. The lowest BCUT2D eigenvalue weighted by atomic mass is 9.85. The Hall–Kier alpha value is -1.48. The zero-order valence-corrected chi connectivity index (χ0v) is 9.94. The van der Waals surface area contributed by atoms with Crippen molar-refractivity contribution in [3.05, 3.63) is 36.2 Å². The van der Waals surface area contributed by atoms with E-state index in [2.05, 4.69) is 30.7 Å². The summed E-state index contributed by atoms with van der Waals surface area (Å²) < 4.78 is 0. The summed E-state index contributed by atoms with van der Waals surface area (Å²) in [5.74, 6) is 0. The molecule has 0 bridgehead atoms. The fourth-order valence-corrected chi connectivity index (χ4v) is 1.56. The minimum absolute atomic E-state index is 0.00284. The fourth-order valence-electron chi connectivity index (χ4n) is 1.56. The smallest absolute Gasteiger partial charge is 0.0890 e. The number of benzene rings is 1. The highest BCUT2D eigenvalue weighted by Crippen LogP contribution is 2.29. The molecule has 0 saturated carbocycles. The first-order valence-corrected chi connectivity index (χ1v) is 5.46. The van der Waals surface area contributed by atoms with Gasteiger partial charge in [0.2, 0.25) is 0 Å². The van der Waals surface area contributed by atoms with Crippen molar-refractivity contribution in [1.82, 2.24) is 9.97 Å². The Balaban J connectivity index is 2.47. The van der Waals surface area contributed by atoms with E-state index < -0.39 is 0 Å². The Labute approximate surface area is 95.7 Å². The third-order valence-electron chi connectivity index (χ3n) is 2.72. The second-order valence-electron chi connectivity index (χ2n) is 5.13. The van der Waals surface area contributed by atoms with Crippen molar-refractivity contribution in [2.75, 3.05) is 0 Å². The number of nitrogens with zero attached hydrogens (tertiary/aromatic N) is 2. The van der Waals surface area contributed by atoms with E-state index in [4.69, 9.17) is 5.73 Å². The molecule has 0 saturated heterocycles. The van der Waals surface area contributed by atoms with Crippen LogP contribution in [-0.2, 0) is 0 Å². The van der Waals surface area contributed by atoms with E-state index in [0.29, 0.717) is 0 Å². The summed E-state index contributed by atoms with van der Waals surface area (Å²) in [7, 11) is 0. The van der Waals surface area contributed by atoms with Crippen LogP contribution in [0.1, 0.15) is 32.5 Å². The van der Waals surface area contributed by atoms with E-state index in [1.54, 1.807) is 6.20 Å². The van der Waals surface area contributed by atoms with Gasteiger partial charge < -0.3 is 5.73 Å². The monoisotopic (exact) mass is 215 g/mol. The third-order valence-corrected chi connectivity index (χ3v) is 2.72. The van der Waals surface area contributed by atoms with E-state index in [1.807, 2.05) is 24.3 Å². The van der Waals surface area contributed by atoms with Crippen LogP contribution in [0.15, 0.2) is 30.5 Å². The molecule has 3 nitrogen and oxygen atoms in total. The van der Waals surface area contributed by atoms with Crippen molar-refractivity contribution in [3.8, 4) is 0 Å². The first-order valence-electron chi connectivity index (χ1n) is 5.46. The van der Waals surface area contributed by atoms with E-state index in [1.165, 1.54) is 0 Å². The largest absolute Gasteiger partial charge is 0.322 e. The maximum atomic E-state index is 6.16. The van der Waals surface area contributed by atoms with Gasteiger partial charge in [-0.25, -0.2) is 4.98 Å². The first-order chi connectivity index (χ1) is 7.48. The third kappa shape index (κ3) is 2.04. The van der Waals surface area contributed by atoms with Crippen LogP contribution in [0.25, 0.3) is 11.0 Å². The minimum atomic E-state index is -0.0930. The van der Waals surface area contributed by atoms with Gasteiger partial charge in [-0.3, -0.25) is 4.98 Å². The SMILES string of the molecule is CC(C)(C)C(N)c1cnc2ccccc2n1. The quantitative estimate of drug-likeness (QED) is 0.795. The molecule has 84 valence electrons. The molecule has 2 aromatic rings. The number of para-hydroxylation sites is 2. The van der Waals surface area contributed by atoms with Crippen LogP contribution >= 0.6 is 0 Å². The topological polar surface area (TPSA) is 51.8 Å². The molecule has 3 heteroatoms. The summed E-state index contributed by atoms with van der Waals surface area (Å²) in [4.78, 5) is 8.93. The molecule has 2 N–H and O–H groups in total. The van der Waals surface area contributed by atoms with Gasteiger partial charge in [0.1, 0.15) is 0 Å². The summed E-state index contributed by atoms with van der Waals surface area (Å²) in [6.07, 6.45) is 1.78. The predicted octanol–water partition coefficient (Wildman–Crippen LogP) is 2.68. The van der Waals surface area contributed by atoms with Gasteiger partial charge in [0.15, 0.2) is 0 Å². The summed E-state index contributed by atoms with van der Waals surface area (Å²) in [6.45, 7) is 6.32. The van der Waals surface area contributed by atoms with Crippen LogP contribution in [0.4, 0.5) is 0 Å². The lowest BCUT2D eigenvalue weighted by Crippen LogP contribution is -2.27. The second-order valence-corrected chi connectivity index (χ2v) is 5.13. The molecular formula is C13H17N3. The van der Waals surface area contributed by atoms with Crippen LogP contribution in [0.3, 0.4) is 0 Å². The molecule has 1 heterocycles. The predicted molar refractivity (Wildman–Crippen MR) is 65.9 cm³/mol. The molecule has 1 unspecified atom stereocenters. The van der Waals surface area contributed by atoms with Gasteiger partial charge in [0.25, 0.3) is 0 Å². The molecule has 0 radical (unpaired) electrons. The van der Waals surface area contributed by atoms with Gasteiger partial charge in [0, 0.05) is 0 Å². The number of hydrogen-bond donors (Lipinski definition) is 1. The van der Waals surface area contributed by atoms with Gasteiger partial charge in [-0.1, -0.05) is 32.9 Å². The lowest BCUT2D eigenvalue weighted by molar-refractivity contribution is 0.321. The molecule has 16 heavy (non-hydrogen) atoms. The molecule has 0 fully saturated rings. The van der Waals surface area contributed by atoms with E-state index in [0.717, 1.165) is 16.7 Å². The molecule has 0 amide bonds. The number of hydrogen-bond acceptors (Lipinski definition) is 3. The van der Waals surface area contributed by atoms with Crippen molar-refractivity contribution < 1.29 is 0 Å². The Morgan fingerprint density at radius 1 is 1.12 bits per heavy atom. The average molecular weight is 215 g/mol. The van der Waals surface area contributed by atoms with Gasteiger partial charge in [-0.2, -0.15) is 0 Å². The highest BCUT2D eigenvalue weighted by Gasteiger charge is 2.23. The Bertz CT molecular complexity index is 500. The van der Waals surface area contributed by atoms with Gasteiger partial charge in [-0.05, 0) is 17.5 Å². The van der Waals surface area contributed by atoms with E-state index >= 15 is 0 Å². The summed E-state index contributed by atoms with van der Waals surface area (Å²) >= 11 is 0. The molecule has 0 aliphatic carbocycles. The highest BCUT2D eigenvalue weighted by atomic mass is 14.9. The van der Waals surface area contributed by atoms with Crippen molar-refractivity contribution >= 4 is 11.0 Å². The van der Waals surface area contributed by atoms with Gasteiger partial charge >= 0.3 is 0 Å². The Kier molecular flexibility index (Phi) is 2.64. The lowest BCUT2D eigenvalue weighted by Gasteiger charge is -2.26. The maximum absolute atomic E-state index is 6.16. The van der Waals surface area contributed by atoms with E-state index in [-0.39, 0.29) is 11.5 Å². The zero-order valence-electron chi connectivity index (χ0n) is 9.94. The molecule has 0 spiro atoms. The van der Waals surface area contributed by atoms with Gasteiger partial charge in [-0.15, -0.1) is 0 Å². The van der Waals surface area contributed by atoms with Crippen LogP contribution in [-0.4, -0.2) is 9.97 Å². The molecule has 1 atom stereocenters. The van der Waals surface area contributed by atoms with Crippen molar-refractivity contribution in [2.45, 2.75) is 26.8 Å². The van der Waals surface area contributed by atoms with Gasteiger partial charge in [0.05, 0.1) is 29.0 Å². The normalized spacial score (nSPS) is 14.0. The summed E-state index contributed by atoms with van der Waals surface area (Å²) in [6, 6.07) is 7.74. The number of nitrogens with two attached hydrogens (primary N) is 1. The number of rotatable bonds is 1. The number of fused-ring (bicyclic) bond motifs is 1. The van der Waals surface area contributed by atoms with Crippen LogP contribution in [0.5, 0.6) is 0 Å². The van der Waals surface area contributed by atoms with E-state index in [9.17, 15) is 0 Å². The standard InChI is InChI=1S/C13H17N3/c1-13(2,3)12(14)11-8-15-9-6-4-5-7-10(9)16-11/h4-8,12H,14H2,1-3H3. The zero-order chi connectivity index (χ0) is 11.8. The Morgan fingerprint density at radius 3 is 2.38 bits per heavy atom. The molecule has 2 rings (SSSR count). The highest BCUT2D eigenvalue weighted by molar-refractivity contribution is 5.73. The van der Waals surface area contributed by atoms with Crippen molar-refractivity contribution in [1.29, 1.82) is 0 Å². The molecule has 1 aromatic heterocycles. The first kappa shape index (κ1) is 11.0. The molecular weight excluding hydrogens is 198 g/mol. The second kappa shape index (κ2) is 3.83. The fraction of sp³-hybridized carbons (Fsp3) is 0.385. The molecule has 0 aliphatic rings. The number of aromatic nitrogens is 2. The summed E-state index contributed by atoms with van der Waals surface area (Å²) in [5, 5.41) is 0. The van der Waals surface area contributed by atoms with Crippen LogP contribution < -0.4 is 5.73 Å². The van der Waals surface area contributed by atoms with Crippen molar-refractivity contribution in [3.63, 3.8) is 0 Å². The molecule has 0 aliphatic heterocycles. The van der Waals surface area contributed by atoms with Crippen molar-refractivity contribution in [2.24, 2.45) is 11.1 Å². The average Bonchev–Trinajstić information content (AvgIpc) is 2.26. The maximum Gasteiger partial charge on any atom is 0.0890 e. The Morgan fingerprint density at radius 2 is 1.75 bits per heavy atom.